The molecule has 1 unspecified atom stereocenters. The minimum Gasteiger partial charge on any atom is -0.374 e. The Labute approximate surface area is 142 Å². The summed E-state index contributed by atoms with van der Waals surface area (Å²) in [6.45, 7) is 4.05. The van der Waals surface area contributed by atoms with E-state index in [0.29, 0.717) is 19.0 Å². The Morgan fingerprint density at radius 3 is 2.92 bits per heavy atom. The molecule has 0 aromatic carbocycles. The zero-order valence-electron chi connectivity index (χ0n) is 14.6. The molecule has 7 nitrogen and oxygen atoms in total. The third-order valence-corrected chi connectivity index (χ3v) is 4.50. The zero-order valence-corrected chi connectivity index (χ0v) is 14.6. The molecule has 130 valence electrons. The maximum atomic E-state index is 12.2. The van der Waals surface area contributed by atoms with E-state index < -0.39 is 0 Å². The van der Waals surface area contributed by atoms with Crippen molar-refractivity contribution < 1.29 is 4.74 Å². The molecule has 0 aliphatic carbocycles. The normalized spacial score (nSPS) is 18.7. The van der Waals surface area contributed by atoms with Gasteiger partial charge in [0, 0.05) is 71.6 Å². The molecule has 7 heteroatoms. The minimum absolute atomic E-state index is 0.0655. The van der Waals surface area contributed by atoms with Gasteiger partial charge in [-0.25, -0.2) is 4.98 Å². The molecule has 2 aromatic heterocycles. The zero-order chi connectivity index (χ0) is 17.1. The highest BCUT2D eigenvalue weighted by Gasteiger charge is 2.23. The largest absolute Gasteiger partial charge is 0.374 e. The van der Waals surface area contributed by atoms with Gasteiger partial charge in [0.1, 0.15) is 0 Å². The number of ether oxygens (including phenoxy) is 1. The van der Waals surface area contributed by atoms with Gasteiger partial charge in [-0.1, -0.05) is 0 Å². The quantitative estimate of drug-likeness (QED) is 0.797. The van der Waals surface area contributed by atoms with Gasteiger partial charge in [-0.05, 0) is 12.1 Å². The Kier molecular flexibility index (Phi) is 5.01. The first-order valence-corrected chi connectivity index (χ1v) is 8.21. The van der Waals surface area contributed by atoms with Gasteiger partial charge in [-0.2, -0.15) is 0 Å². The van der Waals surface area contributed by atoms with Gasteiger partial charge in [0.15, 0.2) is 5.82 Å². The highest BCUT2D eigenvalue weighted by atomic mass is 16.5. The van der Waals surface area contributed by atoms with E-state index in [-0.39, 0.29) is 11.7 Å². The number of hydrogen-bond acceptors (Lipinski definition) is 5. The Hall–Kier alpha value is -2.12. The molecule has 1 saturated heterocycles. The third-order valence-electron chi connectivity index (χ3n) is 4.50. The van der Waals surface area contributed by atoms with Crippen LogP contribution in [0.25, 0.3) is 0 Å². The first-order chi connectivity index (χ1) is 11.5. The van der Waals surface area contributed by atoms with Crippen LogP contribution in [0.1, 0.15) is 5.69 Å². The van der Waals surface area contributed by atoms with Crippen molar-refractivity contribution in [3.8, 4) is 0 Å². The van der Waals surface area contributed by atoms with Gasteiger partial charge in [-0.3, -0.25) is 9.69 Å². The molecule has 3 heterocycles. The predicted octanol–water partition coefficient (Wildman–Crippen LogP) is 0.456. The van der Waals surface area contributed by atoms with Gasteiger partial charge in [0.25, 0.3) is 5.56 Å². The number of rotatable bonds is 5. The summed E-state index contributed by atoms with van der Waals surface area (Å²) in [5, 5.41) is 0. The Morgan fingerprint density at radius 2 is 2.17 bits per heavy atom. The van der Waals surface area contributed by atoms with Crippen molar-refractivity contribution in [2.45, 2.75) is 12.6 Å². The average Bonchev–Trinajstić information content (AvgIpc) is 2.95. The van der Waals surface area contributed by atoms with Crippen LogP contribution in [-0.4, -0.2) is 58.4 Å². The topological polar surface area (TPSA) is 55.5 Å². The summed E-state index contributed by atoms with van der Waals surface area (Å²) in [4.78, 5) is 20.7. The molecule has 0 saturated carbocycles. The van der Waals surface area contributed by atoms with E-state index in [2.05, 4.69) is 39.8 Å². The van der Waals surface area contributed by atoms with E-state index in [4.69, 9.17) is 4.74 Å². The second-order valence-corrected chi connectivity index (χ2v) is 6.39. The Bertz CT molecular complexity index is 739. The molecule has 3 rings (SSSR count). The molecule has 24 heavy (non-hydrogen) atoms. The maximum Gasteiger partial charge on any atom is 0.293 e. The van der Waals surface area contributed by atoms with Crippen molar-refractivity contribution in [3.05, 3.63) is 46.8 Å². The van der Waals surface area contributed by atoms with Gasteiger partial charge in [0.05, 0.1) is 12.7 Å². The number of anilines is 1. The molecule has 1 aliphatic heterocycles. The van der Waals surface area contributed by atoms with Gasteiger partial charge in [-0.15, -0.1) is 0 Å². The fourth-order valence-corrected chi connectivity index (χ4v) is 3.06. The number of morpholine rings is 1. The molecule has 0 radical (unpaired) electrons. The molecular weight excluding hydrogens is 306 g/mol. The lowest BCUT2D eigenvalue weighted by molar-refractivity contribution is -0.0271. The summed E-state index contributed by atoms with van der Waals surface area (Å²) in [5.41, 5.74) is 1.21. The van der Waals surface area contributed by atoms with Crippen LogP contribution in [0, 0.1) is 0 Å². The van der Waals surface area contributed by atoms with Crippen LogP contribution >= 0.6 is 0 Å². The number of nitrogens with zero attached hydrogens (tertiary/aromatic N) is 5. The second kappa shape index (κ2) is 7.19. The first-order valence-electron chi connectivity index (χ1n) is 8.21. The van der Waals surface area contributed by atoms with Crippen LogP contribution in [0.5, 0.6) is 0 Å². The van der Waals surface area contributed by atoms with Gasteiger partial charge < -0.3 is 18.8 Å². The summed E-state index contributed by atoms with van der Waals surface area (Å²) in [5.74, 6) is 0.461. The van der Waals surface area contributed by atoms with Crippen LogP contribution < -0.4 is 10.5 Å². The van der Waals surface area contributed by atoms with E-state index in [1.54, 1.807) is 24.0 Å². The van der Waals surface area contributed by atoms with Crippen molar-refractivity contribution in [1.29, 1.82) is 0 Å². The van der Waals surface area contributed by atoms with E-state index in [9.17, 15) is 4.79 Å². The molecule has 0 N–H and O–H groups in total. The molecule has 1 atom stereocenters. The fraction of sp³-hybridized carbons (Fsp3) is 0.529. The van der Waals surface area contributed by atoms with Gasteiger partial charge >= 0.3 is 0 Å². The van der Waals surface area contributed by atoms with Gasteiger partial charge in [0.2, 0.25) is 0 Å². The summed E-state index contributed by atoms with van der Waals surface area (Å²) in [6, 6.07) is 4.21. The summed E-state index contributed by atoms with van der Waals surface area (Å²) in [7, 11) is 5.70. The van der Waals surface area contributed by atoms with Crippen molar-refractivity contribution in [1.82, 2.24) is 19.0 Å². The number of aryl methyl sites for hydroxylation is 2. The van der Waals surface area contributed by atoms with Crippen molar-refractivity contribution >= 4 is 5.82 Å². The summed E-state index contributed by atoms with van der Waals surface area (Å²) < 4.78 is 9.58. The lowest BCUT2D eigenvalue weighted by atomic mass is 10.2. The SMILES string of the molecule is CN(CC1CN(Cc2cccn2C)CCO1)c1nccn(C)c1=O. The van der Waals surface area contributed by atoms with Crippen LogP contribution in [0.2, 0.25) is 0 Å². The fourth-order valence-electron chi connectivity index (χ4n) is 3.06. The lowest BCUT2D eigenvalue weighted by Gasteiger charge is -2.35. The number of aromatic nitrogens is 3. The predicted molar refractivity (Wildman–Crippen MR) is 93.2 cm³/mol. The Balaban J connectivity index is 1.62. The highest BCUT2D eigenvalue weighted by Crippen LogP contribution is 2.12. The van der Waals surface area contributed by atoms with E-state index in [1.807, 2.05) is 11.9 Å². The van der Waals surface area contributed by atoms with Crippen molar-refractivity contribution in [2.24, 2.45) is 14.1 Å². The molecule has 2 aromatic rings. The van der Waals surface area contributed by atoms with Crippen LogP contribution in [-0.2, 0) is 25.4 Å². The molecule has 0 spiro atoms. The highest BCUT2D eigenvalue weighted by molar-refractivity contribution is 5.34. The van der Waals surface area contributed by atoms with Crippen LogP contribution in [0.15, 0.2) is 35.5 Å². The summed E-state index contributed by atoms with van der Waals surface area (Å²) >= 11 is 0. The maximum absolute atomic E-state index is 12.2. The molecule has 0 amide bonds. The first kappa shape index (κ1) is 16.7. The second-order valence-electron chi connectivity index (χ2n) is 6.39. The monoisotopic (exact) mass is 331 g/mol. The lowest BCUT2D eigenvalue weighted by Crippen LogP contribution is -2.47. The molecule has 1 aliphatic rings. The van der Waals surface area contributed by atoms with E-state index in [1.165, 1.54) is 5.69 Å². The summed E-state index contributed by atoms with van der Waals surface area (Å²) in [6.07, 6.45) is 5.45. The number of likely N-dealkylation sites (N-methyl/N-ethyl adjacent to an activating group) is 1. The molecular formula is C17H25N5O2. The van der Waals surface area contributed by atoms with E-state index in [0.717, 1.165) is 19.6 Å². The average molecular weight is 331 g/mol. The minimum atomic E-state index is -0.0866. The van der Waals surface area contributed by atoms with Crippen LogP contribution in [0.4, 0.5) is 5.82 Å². The van der Waals surface area contributed by atoms with Crippen molar-refractivity contribution in [3.63, 3.8) is 0 Å². The molecule has 1 fully saturated rings. The standard InChI is InChI=1S/C17H25N5O2/c1-19-7-4-5-14(19)11-22-9-10-24-15(13-22)12-21(3)16-17(23)20(2)8-6-18-16/h4-8,15H,9-13H2,1-3H3. The van der Waals surface area contributed by atoms with Crippen LogP contribution in [0.3, 0.4) is 0 Å². The Morgan fingerprint density at radius 1 is 1.33 bits per heavy atom. The van der Waals surface area contributed by atoms with E-state index >= 15 is 0 Å². The molecule has 0 bridgehead atoms. The third kappa shape index (κ3) is 3.68. The number of hydrogen-bond donors (Lipinski definition) is 0. The smallest absolute Gasteiger partial charge is 0.293 e. The van der Waals surface area contributed by atoms with Crippen molar-refractivity contribution in [2.75, 3.05) is 38.2 Å².